The summed E-state index contributed by atoms with van der Waals surface area (Å²) in [6.45, 7) is 5.08. The zero-order valence-electron chi connectivity index (χ0n) is 14.0. The van der Waals surface area contributed by atoms with Crippen LogP contribution in [0.15, 0.2) is 45.6 Å². The molecule has 1 amide bonds. The number of ether oxygens (including phenoxy) is 2. The maximum absolute atomic E-state index is 11.9. The van der Waals surface area contributed by atoms with Crippen molar-refractivity contribution in [3.63, 3.8) is 0 Å². The molecule has 0 saturated heterocycles. The first-order valence-corrected chi connectivity index (χ1v) is 8.82. The zero-order valence-corrected chi connectivity index (χ0v) is 14.8. The lowest BCUT2D eigenvalue weighted by Gasteiger charge is -2.13. The molecule has 0 radical (unpaired) electrons. The van der Waals surface area contributed by atoms with Crippen molar-refractivity contribution >= 4 is 23.7 Å². The molecule has 132 valence electrons. The Morgan fingerprint density at radius 2 is 2.04 bits per heavy atom. The lowest BCUT2D eigenvalue weighted by molar-refractivity contribution is -0.117. The third-order valence-corrected chi connectivity index (χ3v) is 4.23. The van der Waals surface area contributed by atoms with Crippen LogP contribution < -0.4 is 5.32 Å². The van der Waals surface area contributed by atoms with Crippen molar-refractivity contribution in [3.05, 3.63) is 47.7 Å². The zero-order chi connectivity index (χ0) is 17.6. The minimum atomic E-state index is -0.482. The number of nitrogens with one attached hydrogen (secondary N) is 1. The molecule has 8 heteroatoms. The van der Waals surface area contributed by atoms with Crippen molar-refractivity contribution in [2.75, 3.05) is 18.5 Å². The first-order chi connectivity index (χ1) is 12.1. The summed E-state index contributed by atoms with van der Waals surface area (Å²) in [5.41, 5.74) is 1.06. The number of carbonyl (C=O) groups excluding carboxylic acids is 1. The lowest BCUT2D eigenvalue weighted by atomic mass is 10.1. The average molecular weight is 361 g/mol. The first-order valence-electron chi connectivity index (χ1n) is 7.94. The van der Waals surface area contributed by atoms with Crippen LogP contribution >= 0.6 is 11.8 Å². The second-order valence-electron chi connectivity index (χ2n) is 5.64. The van der Waals surface area contributed by atoms with Gasteiger partial charge in [0.2, 0.25) is 11.6 Å². The lowest BCUT2D eigenvalue weighted by Crippen LogP contribution is -2.21. The van der Waals surface area contributed by atoms with Gasteiger partial charge in [-0.2, -0.15) is 0 Å². The quantitative estimate of drug-likeness (QED) is 0.792. The van der Waals surface area contributed by atoms with E-state index in [0.717, 1.165) is 5.56 Å². The topological polar surface area (TPSA) is 86.5 Å². The van der Waals surface area contributed by atoms with Gasteiger partial charge in [0.15, 0.2) is 0 Å². The van der Waals surface area contributed by atoms with Crippen molar-refractivity contribution in [3.8, 4) is 0 Å². The molecule has 3 rings (SSSR count). The SMILES string of the molecule is CC(C)Sc1ccc(Cc2nnc(NC(=O)C3=COCCO3)o2)cc1. The van der Waals surface area contributed by atoms with Gasteiger partial charge in [-0.1, -0.05) is 31.1 Å². The predicted molar refractivity (Wildman–Crippen MR) is 93.2 cm³/mol. The molecular formula is C17H19N3O4S. The molecule has 7 nitrogen and oxygen atoms in total. The van der Waals surface area contributed by atoms with Crippen LogP contribution in [-0.2, 0) is 20.7 Å². The molecule has 0 saturated carbocycles. The van der Waals surface area contributed by atoms with Crippen LogP contribution in [0.1, 0.15) is 25.3 Å². The Labute approximate surface area is 149 Å². The van der Waals surface area contributed by atoms with Crippen LogP contribution in [0.4, 0.5) is 6.01 Å². The van der Waals surface area contributed by atoms with Gasteiger partial charge in [0.05, 0.1) is 6.42 Å². The van der Waals surface area contributed by atoms with Crippen LogP contribution in [0, 0.1) is 0 Å². The molecule has 2 aromatic rings. The molecule has 0 aliphatic carbocycles. The van der Waals surface area contributed by atoms with Gasteiger partial charge in [-0.3, -0.25) is 10.1 Å². The number of rotatable bonds is 6. The summed E-state index contributed by atoms with van der Waals surface area (Å²) in [5, 5.41) is 10.8. The smallest absolute Gasteiger partial charge is 0.322 e. The highest BCUT2D eigenvalue weighted by atomic mass is 32.2. The van der Waals surface area contributed by atoms with E-state index in [1.807, 2.05) is 23.9 Å². The molecule has 1 aromatic carbocycles. The van der Waals surface area contributed by atoms with Gasteiger partial charge >= 0.3 is 6.01 Å². The highest BCUT2D eigenvalue weighted by Gasteiger charge is 2.18. The second-order valence-corrected chi connectivity index (χ2v) is 7.29. The largest absolute Gasteiger partial charge is 0.494 e. The number of nitrogens with zero attached hydrogens (tertiary/aromatic N) is 2. The maximum atomic E-state index is 11.9. The number of amides is 1. The van der Waals surface area contributed by atoms with Gasteiger partial charge in [-0.05, 0) is 17.7 Å². The molecule has 0 spiro atoms. The van der Waals surface area contributed by atoms with E-state index in [9.17, 15) is 4.79 Å². The normalized spacial score (nSPS) is 13.8. The Balaban J connectivity index is 1.58. The summed E-state index contributed by atoms with van der Waals surface area (Å²) in [7, 11) is 0. The number of hydrogen-bond donors (Lipinski definition) is 1. The number of hydrogen-bond acceptors (Lipinski definition) is 7. The standard InChI is InChI=1S/C17H19N3O4S/c1-11(2)25-13-5-3-12(4-6-13)9-15-19-20-17(24-15)18-16(21)14-10-22-7-8-23-14/h3-6,10-11H,7-9H2,1-2H3,(H,18,20,21). The summed E-state index contributed by atoms with van der Waals surface area (Å²) in [5.74, 6) is 0.0311. The first kappa shape index (κ1) is 17.3. The summed E-state index contributed by atoms with van der Waals surface area (Å²) in [6.07, 6.45) is 1.77. The fourth-order valence-electron chi connectivity index (χ4n) is 2.15. The second kappa shape index (κ2) is 8.06. The van der Waals surface area contributed by atoms with E-state index in [4.69, 9.17) is 13.9 Å². The van der Waals surface area contributed by atoms with Crippen LogP contribution in [0.3, 0.4) is 0 Å². The van der Waals surface area contributed by atoms with E-state index < -0.39 is 5.91 Å². The third-order valence-electron chi connectivity index (χ3n) is 3.21. The minimum absolute atomic E-state index is 0.0297. The van der Waals surface area contributed by atoms with Crippen LogP contribution in [-0.4, -0.2) is 34.6 Å². The van der Waals surface area contributed by atoms with E-state index in [1.165, 1.54) is 11.2 Å². The Bertz CT molecular complexity index is 756. The monoisotopic (exact) mass is 361 g/mol. The molecule has 1 N–H and O–H groups in total. The Morgan fingerprint density at radius 1 is 1.24 bits per heavy atom. The molecule has 25 heavy (non-hydrogen) atoms. The van der Waals surface area contributed by atoms with Crippen molar-refractivity contribution in [2.45, 2.75) is 30.4 Å². The highest BCUT2D eigenvalue weighted by Crippen LogP contribution is 2.23. The van der Waals surface area contributed by atoms with E-state index in [-0.39, 0.29) is 11.8 Å². The Morgan fingerprint density at radius 3 is 2.72 bits per heavy atom. The Kier molecular flexibility index (Phi) is 5.60. The summed E-state index contributed by atoms with van der Waals surface area (Å²) >= 11 is 1.81. The fourth-order valence-corrected chi connectivity index (χ4v) is 2.99. The average Bonchev–Trinajstić information content (AvgIpc) is 3.04. The predicted octanol–water partition coefficient (Wildman–Crippen LogP) is 2.99. The number of benzene rings is 1. The number of thioether (sulfide) groups is 1. The van der Waals surface area contributed by atoms with Gasteiger partial charge in [0, 0.05) is 10.1 Å². The number of carbonyl (C=O) groups is 1. The van der Waals surface area contributed by atoms with Gasteiger partial charge < -0.3 is 13.9 Å². The van der Waals surface area contributed by atoms with E-state index >= 15 is 0 Å². The third kappa shape index (κ3) is 4.99. The molecule has 0 atom stereocenters. The van der Waals surface area contributed by atoms with Crippen molar-refractivity contribution < 1.29 is 18.7 Å². The maximum Gasteiger partial charge on any atom is 0.322 e. The Hall–Kier alpha value is -2.48. The molecule has 0 bridgehead atoms. The summed E-state index contributed by atoms with van der Waals surface area (Å²) < 4.78 is 15.7. The highest BCUT2D eigenvalue weighted by molar-refractivity contribution is 7.99. The van der Waals surface area contributed by atoms with Crippen LogP contribution in [0.2, 0.25) is 0 Å². The van der Waals surface area contributed by atoms with E-state index in [0.29, 0.717) is 30.8 Å². The van der Waals surface area contributed by atoms with Crippen LogP contribution in [0.25, 0.3) is 0 Å². The molecule has 1 aliphatic rings. The minimum Gasteiger partial charge on any atom is -0.494 e. The van der Waals surface area contributed by atoms with Crippen molar-refractivity contribution in [2.24, 2.45) is 0 Å². The van der Waals surface area contributed by atoms with Crippen molar-refractivity contribution in [1.82, 2.24) is 10.2 Å². The molecule has 0 fully saturated rings. The number of anilines is 1. The van der Waals surface area contributed by atoms with Gasteiger partial charge in [0.1, 0.15) is 19.5 Å². The van der Waals surface area contributed by atoms with Gasteiger partial charge in [-0.25, -0.2) is 0 Å². The molecule has 1 aromatic heterocycles. The fraction of sp³-hybridized carbons (Fsp3) is 0.353. The molecule has 0 unspecified atom stereocenters. The van der Waals surface area contributed by atoms with Crippen molar-refractivity contribution in [1.29, 1.82) is 0 Å². The molecule has 2 heterocycles. The summed E-state index contributed by atoms with van der Waals surface area (Å²) in [4.78, 5) is 13.2. The van der Waals surface area contributed by atoms with Crippen LogP contribution in [0.5, 0.6) is 0 Å². The van der Waals surface area contributed by atoms with Gasteiger partial charge in [-0.15, -0.1) is 16.9 Å². The van der Waals surface area contributed by atoms with E-state index in [1.54, 1.807) is 0 Å². The summed E-state index contributed by atoms with van der Waals surface area (Å²) in [6, 6.07) is 8.25. The molecular weight excluding hydrogens is 342 g/mol. The number of aromatic nitrogens is 2. The molecule has 1 aliphatic heterocycles. The van der Waals surface area contributed by atoms with E-state index in [2.05, 4.69) is 41.5 Å². The van der Waals surface area contributed by atoms with Gasteiger partial charge in [0.25, 0.3) is 5.91 Å².